The molecule has 286 valence electrons. The van der Waals surface area contributed by atoms with E-state index >= 15 is 0 Å². The van der Waals surface area contributed by atoms with Crippen LogP contribution < -0.4 is 27.3 Å². The molecule has 0 saturated heterocycles. The zero-order valence-electron chi connectivity index (χ0n) is 35.0. The normalized spacial score (nSPS) is 11.9. The Bertz CT molecular complexity index is 3810. The summed E-state index contributed by atoms with van der Waals surface area (Å²) >= 11 is 0. The molecule has 0 aliphatic heterocycles. The van der Waals surface area contributed by atoms with Crippen LogP contribution in [-0.4, -0.2) is 58.8 Å². The summed E-state index contributed by atoms with van der Waals surface area (Å²) in [5.74, 6) is 1.80. The zero-order chi connectivity index (χ0) is 41.8. The Morgan fingerprint density at radius 1 is 0.371 bits per heavy atom. The lowest BCUT2D eigenvalue weighted by Crippen LogP contribution is -2.55. The molecule has 0 saturated carbocycles. The summed E-state index contributed by atoms with van der Waals surface area (Å²) in [5.41, 5.74) is 17.8. The van der Waals surface area contributed by atoms with Gasteiger partial charge in [0, 0.05) is 54.7 Å². The number of aromatic nitrogens is 4. The molecule has 0 amide bonds. The van der Waals surface area contributed by atoms with Gasteiger partial charge in [0.2, 0.25) is 0 Å². The molecule has 6 nitrogen and oxygen atoms in total. The fraction of sp³-hybridized carbons (Fsp3) is 0. The van der Waals surface area contributed by atoms with E-state index in [0.29, 0.717) is 17.5 Å². The minimum atomic E-state index is 0.578. The van der Waals surface area contributed by atoms with E-state index < -0.39 is 0 Å². The quantitative estimate of drug-likeness (QED) is 0.236. The fourth-order valence-corrected chi connectivity index (χ4v) is 9.64. The molecule has 4 aromatic heterocycles. The smallest absolute Gasteiger partial charge is 0.164 e. The van der Waals surface area contributed by atoms with Crippen molar-refractivity contribution >= 4 is 132 Å². The predicted molar refractivity (Wildman–Crippen MR) is 271 cm³/mol. The van der Waals surface area contributed by atoms with Crippen LogP contribution in [0.15, 0.2) is 160 Å². The molecule has 11 heteroatoms. The Hall–Kier alpha value is -7.51. The lowest BCUT2D eigenvalue weighted by molar-refractivity contribution is 0.668. The van der Waals surface area contributed by atoms with Crippen LogP contribution in [0.2, 0.25) is 0 Å². The van der Waals surface area contributed by atoms with Crippen molar-refractivity contribution in [2.24, 2.45) is 0 Å². The molecule has 0 spiro atoms. The highest BCUT2D eigenvalue weighted by molar-refractivity contribution is 6.68. The number of rotatable bonds is 5. The molecule has 0 aliphatic rings. The second kappa shape index (κ2) is 13.8. The monoisotopic (exact) mass is 790 g/mol. The van der Waals surface area contributed by atoms with Crippen molar-refractivity contribution in [3.63, 3.8) is 0 Å². The van der Waals surface area contributed by atoms with E-state index in [0.717, 1.165) is 82.9 Å². The SMILES string of the molecule is Bc1c(B)c(B)c(-c2nc(-c3ccc4c(c3)oc3ccccc34)nc(-c3cccc4oc5ccc(-c6ccc7c8ccccc8n(-c8ccccc8)c7c6)cc5c34)n2)c(B)c1B. The van der Waals surface area contributed by atoms with Crippen molar-refractivity contribution in [2.45, 2.75) is 0 Å². The highest BCUT2D eigenvalue weighted by Crippen LogP contribution is 2.40. The van der Waals surface area contributed by atoms with Gasteiger partial charge in [-0.2, -0.15) is 0 Å². The summed E-state index contributed by atoms with van der Waals surface area (Å²) in [7, 11) is 10.9. The lowest BCUT2D eigenvalue weighted by Gasteiger charge is -2.20. The minimum absolute atomic E-state index is 0.578. The van der Waals surface area contributed by atoms with Crippen molar-refractivity contribution < 1.29 is 8.83 Å². The summed E-state index contributed by atoms with van der Waals surface area (Å²) < 4.78 is 15.3. The van der Waals surface area contributed by atoms with Crippen molar-refractivity contribution in [3.05, 3.63) is 152 Å². The molecule has 62 heavy (non-hydrogen) atoms. The molecule has 0 aliphatic carbocycles. The van der Waals surface area contributed by atoms with Crippen LogP contribution in [0.3, 0.4) is 0 Å². The number of furan rings is 2. The van der Waals surface area contributed by atoms with Crippen molar-refractivity contribution in [1.29, 1.82) is 0 Å². The Morgan fingerprint density at radius 3 is 1.79 bits per heavy atom. The van der Waals surface area contributed by atoms with E-state index in [4.69, 9.17) is 23.8 Å². The average molecular weight is 790 g/mol. The van der Waals surface area contributed by atoms with Crippen LogP contribution in [-0.2, 0) is 0 Å². The number of hydrogen-bond donors (Lipinski definition) is 0. The van der Waals surface area contributed by atoms with Gasteiger partial charge >= 0.3 is 0 Å². The number of fused-ring (bicyclic) bond motifs is 9. The lowest BCUT2D eigenvalue weighted by atomic mass is 9.60. The molecule has 0 N–H and O–H groups in total. The van der Waals surface area contributed by atoms with Crippen LogP contribution >= 0.6 is 0 Å². The Kier molecular flexibility index (Phi) is 8.07. The Labute approximate surface area is 361 Å². The third kappa shape index (κ3) is 5.47. The van der Waals surface area contributed by atoms with E-state index in [9.17, 15) is 0 Å². The molecule has 0 bridgehead atoms. The maximum atomic E-state index is 6.59. The van der Waals surface area contributed by atoms with Crippen LogP contribution in [0.25, 0.3) is 117 Å². The van der Waals surface area contributed by atoms with Crippen LogP contribution in [0.5, 0.6) is 0 Å². The van der Waals surface area contributed by atoms with Gasteiger partial charge in [0.15, 0.2) is 17.5 Å². The largest absolute Gasteiger partial charge is 0.456 e. The molecule has 0 fully saturated rings. The van der Waals surface area contributed by atoms with Gasteiger partial charge in [0.05, 0.1) is 11.0 Å². The van der Waals surface area contributed by atoms with Gasteiger partial charge in [0.25, 0.3) is 0 Å². The van der Waals surface area contributed by atoms with Gasteiger partial charge < -0.3 is 13.4 Å². The number of hydrogen-bond acceptors (Lipinski definition) is 5. The molecule has 4 heterocycles. The number of benzene rings is 8. The van der Waals surface area contributed by atoms with E-state index in [1.165, 1.54) is 43.6 Å². The maximum Gasteiger partial charge on any atom is 0.164 e. The van der Waals surface area contributed by atoms with Gasteiger partial charge in [-0.25, -0.2) is 15.0 Å². The highest BCUT2D eigenvalue weighted by atomic mass is 16.3. The van der Waals surface area contributed by atoms with Gasteiger partial charge in [-0.05, 0) is 71.8 Å². The van der Waals surface area contributed by atoms with Crippen molar-refractivity contribution in [3.8, 4) is 51.0 Å². The summed E-state index contributed by atoms with van der Waals surface area (Å²) in [6, 6.07) is 53.1. The van der Waals surface area contributed by atoms with Gasteiger partial charge in [0.1, 0.15) is 61.6 Å². The van der Waals surface area contributed by atoms with Crippen LogP contribution in [0.4, 0.5) is 0 Å². The first-order chi connectivity index (χ1) is 30.3. The molecule has 8 aromatic carbocycles. The van der Waals surface area contributed by atoms with Gasteiger partial charge in [-0.1, -0.05) is 102 Å². The summed E-state index contributed by atoms with van der Waals surface area (Å²) in [6.45, 7) is 0. The minimum Gasteiger partial charge on any atom is -0.456 e. The first kappa shape index (κ1) is 36.4. The van der Waals surface area contributed by atoms with Crippen molar-refractivity contribution in [1.82, 2.24) is 19.5 Å². The standard InChI is InChI=1S/C51H35B5N4O2/c52-44-43(45(53)47(55)48(56)46(44)54)51-58-49(28-18-21-33-32-12-5-7-15-38(32)62-41(33)25-28)57-50(59-51)34-13-8-16-40-42(34)35-23-26(19-22-39(35)61-40)27-17-20-31-30-11-4-6-14-36(30)60(37(31)24-27)29-9-2-1-3-10-29/h1-25H,52-56H2. The fourth-order valence-electron chi connectivity index (χ4n) is 9.64. The summed E-state index contributed by atoms with van der Waals surface area (Å²) in [6.07, 6.45) is 0. The Morgan fingerprint density at radius 2 is 0.952 bits per heavy atom. The van der Waals surface area contributed by atoms with Gasteiger partial charge in [-0.15, -0.1) is 16.4 Å². The van der Waals surface area contributed by atoms with Gasteiger partial charge in [-0.3, -0.25) is 0 Å². The van der Waals surface area contributed by atoms with E-state index in [2.05, 4.69) is 165 Å². The Balaban J connectivity index is 1.07. The average Bonchev–Trinajstić information content (AvgIpc) is 3.99. The summed E-state index contributed by atoms with van der Waals surface area (Å²) in [5, 5.41) is 6.55. The number of para-hydroxylation sites is 3. The first-order valence-electron chi connectivity index (χ1n) is 21.1. The molecule has 12 rings (SSSR count). The highest BCUT2D eigenvalue weighted by Gasteiger charge is 2.22. The maximum absolute atomic E-state index is 6.59. The number of nitrogens with zero attached hydrogens (tertiary/aromatic N) is 4. The van der Waals surface area contributed by atoms with Crippen molar-refractivity contribution in [2.75, 3.05) is 0 Å². The molecule has 0 atom stereocenters. The third-order valence-electron chi connectivity index (χ3n) is 13.3. The predicted octanol–water partition coefficient (Wildman–Crippen LogP) is 4.73. The summed E-state index contributed by atoms with van der Waals surface area (Å²) in [4.78, 5) is 15.9. The zero-order valence-corrected chi connectivity index (χ0v) is 35.0. The molecular weight excluding hydrogens is 755 g/mol. The van der Waals surface area contributed by atoms with E-state index in [1.807, 2.05) is 30.3 Å². The molecule has 12 aromatic rings. The second-order valence-electron chi connectivity index (χ2n) is 16.5. The van der Waals surface area contributed by atoms with Crippen LogP contribution in [0.1, 0.15) is 0 Å². The van der Waals surface area contributed by atoms with E-state index in [1.54, 1.807) is 0 Å². The third-order valence-corrected chi connectivity index (χ3v) is 13.3. The molecule has 0 unspecified atom stereocenters. The second-order valence-corrected chi connectivity index (χ2v) is 16.5. The molecular formula is C51H35B5N4O2. The molecule has 0 radical (unpaired) electrons. The first-order valence-corrected chi connectivity index (χ1v) is 21.1. The topological polar surface area (TPSA) is 69.9 Å². The van der Waals surface area contributed by atoms with Crippen LogP contribution in [0, 0.1) is 0 Å². The van der Waals surface area contributed by atoms with E-state index in [-0.39, 0.29) is 0 Å².